The van der Waals surface area contributed by atoms with Gasteiger partial charge in [0.05, 0.1) is 0 Å². The van der Waals surface area contributed by atoms with Crippen molar-refractivity contribution in [3.8, 4) is 0 Å². The van der Waals surface area contributed by atoms with Crippen LogP contribution in [0.2, 0.25) is 0 Å². The third-order valence-electron chi connectivity index (χ3n) is 1.95. The van der Waals surface area contributed by atoms with Crippen LogP contribution in [0, 0.1) is 0 Å². The van der Waals surface area contributed by atoms with Gasteiger partial charge in [0, 0.05) is 0 Å². The van der Waals surface area contributed by atoms with Gasteiger partial charge < -0.3 is 2.85 Å². The first-order chi connectivity index (χ1) is 4.97. The molecule has 0 N–H and O–H groups in total. The van der Waals surface area contributed by atoms with Gasteiger partial charge in [-0.3, -0.25) is 0 Å². The van der Waals surface area contributed by atoms with E-state index in [-0.39, 0.29) is 23.9 Å². The fraction of sp³-hybridized carbons (Fsp3) is 0.200. The second-order valence-electron chi connectivity index (χ2n) is 2.65. The molecule has 2 rings (SSSR count). The van der Waals surface area contributed by atoms with Gasteiger partial charge in [-0.25, -0.2) is 0 Å². The zero-order valence-corrected chi connectivity index (χ0v) is 9.22. The molecular formula is C10H12W. The molecule has 0 aromatic rings. The van der Waals surface area contributed by atoms with E-state index in [4.69, 9.17) is 0 Å². The average molecular weight is 316 g/mol. The van der Waals surface area contributed by atoms with E-state index >= 15 is 0 Å². The number of hydrogen-bond acceptors (Lipinski definition) is 0. The molecule has 0 aromatic heterocycles. The molecule has 11 heavy (non-hydrogen) atoms. The molecule has 1 heteroatoms. The summed E-state index contributed by atoms with van der Waals surface area (Å²) in [7, 11) is 0. The zero-order chi connectivity index (χ0) is 6.81. The molecule has 0 radical (unpaired) electrons. The topological polar surface area (TPSA) is 0 Å². The molecule has 0 aromatic carbocycles. The van der Waals surface area contributed by atoms with Crippen molar-refractivity contribution in [1.82, 2.24) is 0 Å². The summed E-state index contributed by atoms with van der Waals surface area (Å²) in [6, 6.07) is 0. The number of allylic oxidation sites excluding steroid dienone is 8. The van der Waals surface area contributed by atoms with Crippen LogP contribution in [0.1, 0.15) is 15.7 Å². The summed E-state index contributed by atoms with van der Waals surface area (Å²) in [5, 5.41) is 0. The normalized spacial score (nSPS) is 19.6. The minimum absolute atomic E-state index is 0. The van der Waals surface area contributed by atoms with E-state index in [2.05, 4.69) is 36.5 Å². The van der Waals surface area contributed by atoms with Crippen molar-refractivity contribution in [3.63, 3.8) is 0 Å². The van der Waals surface area contributed by atoms with Gasteiger partial charge in [0.25, 0.3) is 0 Å². The predicted molar refractivity (Wildman–Crippen MR) is 45.9 cm³/mol. The van der Waals surface area contributed by atoms with Crippen LogP contribution >= 0.6 is 0 Å². The van der Waals surface area contributed by atoms with E-state index in [0.717, 1.165) is 12.8 Å². The summed E-state index contributed by atoms with van der Waals surface area (Å²) >= 11 is 0. The summed E-state index contributed by atoms with van der Waals surface area (Å²) in [6.45, 7) is 0. The van der Waals surface area contributed by atoms with Crippen molar-refractivity contribution in [3.05, 3.63) is 47.6 Å². The van der Waals surface area contributed by atoms with Crippen molar-refractivity contribution in [2.75, 3.05) is 0 Å². The molecule has 0 saturated heterocycles. The molecule has 0 atom stereocenters. The van der Waals surface area contributed by atoms with E-state index in [9.17, 15) is 0 Å². The molecule has 0 saturated carbocycles. The Morgan fingerprint density at radius 2 is 1.36 bits per heavy atom. The molecule has 0 unspecified atom stereocenters. The fourth-order valence-corrected chi connectivity index (χ4v) is 1.37. The molecule has 2 aliphatic rings. The number of rotatable bonds is 1. The smallest absolute Gasteiger partial charge is 1.00 e. The van der Waals surface area contributed by atoms with Crippen LogP contribution in [-0.2, 0) is 21.1 Å². The Morgan fingerprint density at radius 3 is 1.64 bits per heavy atom. The molecule has 0 spiro atoms. The van der Waals surface area contributed by atoms with Gasteiger partial charge in [-0.05, 0) is 24.0 Å². The Labute approximate surface area is 84.6 Å². The Morgan fingerprint density at radius 1 is 0.909 bits per heavy atom. The van der Waals surface area contributed by atoms with E-state index in [1.807, 2.05) is 0 Å². The third kappa shape index (κ3) is 1.81. The standard InChI is InChI=1S/C10H10.W.2H/c1-2-6-9(5-1)10-7-3-4-8-10;;;/h1-5,7H,6,8H2;;;/q;+2;2*-1. The van der Waals surface area contributed by atoms with E-state index in [1.165, 1.54) is 11.1 Å². The monoisotopic (exact) mass is 316 g/mol. The van der Waals surface area contributed by atoms with Crippen molar-refractivity contribution in [1.29, 1.82) is 0 Å². The van der Waals surface area contributed by atoms with Crippen LogP contribution in [0.3, 0.4) is 0 Å². The second kappa shape index (κ2) is 3.87. The van der Waals surface area contributed by atoms with Crippen molar-refractivity contribution in [2.45, 2.75) is 12.8 Å². The van der Waals surface area contributed by atoms with Crippen molar-refractivity contribution in [2.24, 2.45) is 0 Å². The summed E-state index contributed by atoms with van der Waals surface area (Å²) in [5.41, 5.74) is 2.98. The largest absolute Gasteiger partial charge is 2.00 e. The van der Waals surface area contributed by atoms with Crippen LogP contribution in [0.5, 0.6) is 0 Å². The maximum Gasteiger partial charge on any atom is 2.00 e. The summed E-state index contributed by atoms with van der Waals surface area (Å²) in [6.07, 6.45) is 15.4. The SMILES string of the molecule is C1=CCC(C2=CC=CC2)=C1.[H-].[H-].[W+2]. The van der Waals surface area contributed by atoms with Crippen LogP contribution < -0.4 is 0 Å². The second-order valence-corrected chi connectivity index (χ2v) is 2.65. The first kappa shape index (κ1) is 8.74. The Balaban J connectivity index is 0. The fourth-order valence-electron chi connectivity index (χ4n) is 1.37. The van der Waals surface area contributed by atoms with Crippen molar-refractivity contribution >= 4 is 0 Å². The average Bonchev–Trinajstić information content (AvgIpc) is 2.59. The maximum absolute atomic E-state index is 2.21. The minimum atomic E-state index is 0. The summed E-state index contributed by atoms with van der Waals surface area (Å²) in [4.78, 5) is 0. The van der Waals surface area contributed by atoms with Gasteiger partial charge >= 0.3 is 21.1 Å². The molecule has 0 aliphatic heterocycles. The molecule has 58 valence electrons. The maximum atomic E-state index is 2.21. The quantitative estimate of drug-likeness (QED) is 0.698. The van der Waals surface area contributed by atoms with Gasteiger partial charge in [-0.15, -0.1) is 0 Å². The summed E-state index contributed by atoms with van der Waals surface area (Å²) in [5.74, 6) is 0. The minimum Gasteiger partial charge on any atom is -1.00 e. The predicted octanol–water partition coefficient (Wildman–Crippen LogP) is 2.98. The van der Waals surface area contributed by atoms with Gasteiger partial charge in [0.15, 0.2) is 0 Å². The van der Waals surface area contributed by atoms with Crippen LogP contribution in [0.25, 0.3) is 0 Å². The van der Waals surface area contributed by atoms with Crippen LogP contribution in [-0.4, -0.2) is 0 Å². The molecule has 0 fully saturated rings. The Hall–Kier alpha value is -0.352. The van der Waals surface area contributed by atoms with Crippen LogP contribution in [0.15, 0.2) is 47.6 Å². The van der Waals surface area contributed by atoms with Crippen LogP contribution in [0.4, 0.5) is 0 Å². The Bertz CT molecular complexity index is 234. The van der Waals surface area contributed by atoms with Gasteiger partial charge in [0.2, 0.25) is 0 Å². The van der Waals surface area contributed by atoms with E-state index in [0.29, 0.717) is 0 Å². The Kier molecular flexibility index (Phi) is 3.08. The zero-order valence-electron chi connectivity index (χ0n) is 8.29. The molecule has 0 nitrogen and oxygen atoms in total. The first-order valence-corrected chi connectivity index (χ1v) is 3.68. The molecular weight excluding hydrogens is 304 g/mol. The van der Waals surface area contributed by atoms with Gasteiger partial charge in [-0.1, -0.05) is 36.5 Å². The van der Waals surface area contributed by atoms with Gasteiger partial charge in [0.1, 0.15) is 0 Å². The third-order valence-corrected chi connectivity index (χ3v) is 1.95. The molecule has 0 bridgehead atoms. The molecule has 0 amide bonds. The molecule has 0 heterocycles. The van der Waals surface area contributed by atoms with E-state index < -0.39 is 0 Å². The van der Waals surface area contributed by atoms with Crippen molar-refractivity contribution < 1.29 is 23.9 Å². The van der Waals surface area contributed by atoms with Gasteiger partial charge in [-0.2, -0.15) is 0 Å². The number of hydrogen-bond donors (Lipinski definition) is 0. The molecule has 2 aliphatic carbocycles. The summed E-state index contributed by atoms with van der Waals surface area (Å²) < 4.78 is 0. The van der Waals surface area contributed by atoms with E-state index in [1.54, 1.807) is 0 Å². The first-order valence-electron chi connectivity index (χ1n) is 3.68.